The molecule has 17 rings (SSSR count). The van der Waals surface area contributed by atoms with Crippen LogP contribution in [0, 0.1) is 0 Å². The predicted molar refractivity (Wildman–Crippen MR) is 341 cm³/mol. The molecule has 0 aliphatic heterocycles. The Morgan fingerprint density at radius 3 is 1.19 bits per heavy atom. The lowest BCUT2D eigenvalue weighted by Gasteiger charge is -2.26. The molecule has 0 radical (unpaired) electrons. The molecule has 0 atom stereocenters. The maximum Gasteiger partial charge on any atom is 0.0635 e. The van der Waals surface area contributed by atoms with Crippen LogP contribution in [0.2, 0.25) is 0 Å². The molecule has 6 aromatic heterocycles. The second kappa shape index (κ2) is 15.6. The van der Waals surface area contributed by atoms with Crippen molar-refractivity contribution < 1.29 is 17.8 Å². The van der Waals surface area contributed by atoms with Gasteiger partial charge in [0.05, 0.1) is 50.9 Å². The molecule has 2 nitrogen and oxygen atoms in total. The second-order valence-corrected chi connectivity index (χ2v) is 25.2. The first-order valence-corrected chi connectivity index (χ1v) is 28.0. The normalized spacial score (nSPS) is 15.3. The van der Waals surface area contributed by atoms with Crippen LogP contribution in [0.3, 0.4) is 0 Å². The molecule has 0 aliphatic rings. The third kappa shape index (κ3) is 6.19. The number of benzene rings is 11. The van der Waals surface area contributed by atoms with E-state index < -0.39 is 71.3 Å². The molecule has 370 valence electrons. The highest BCUT2D eigenvalue weighted by Gasteiger charge is 2.28. The molecular formula is C74H52N2S2. The molecule has 0 aliphatic carbocycles. The number of fused-ring (bicyclic) bond motifs is 20. The van der Waals surface area contributed by atoms with Crippen LogP contribution in [-0.4, -0.2) is 8.80 Å². The third-order valence-electron chi connectivity index (χ3n) is 16.3. The standard InChI is InChI=1S/C74H52N2S2/c1-73(2,3)49-32-48(33-50(36-49)74(4,5)6)44-26-28-54-62(35-44)76-64-40-55-57-37-59-51-21-13-15-23-65(51)77-71(59)67-53-27-25-43(47-30-45(41-17-9-7-10-18-41)29-46(31-47)42-19-11-8-12-20-42)34-61(53)75(69(57)67)63(55)39-56(64)58-38-60-52-22-14-16-24-66(52)78-72(60)68(54)70(58)76/h7-40H,1-6H3/i7D,8D,9D,10D,11D,12D,17D,18D,19D,20D,32D,33D,36D. The van der Waals surface area contributed by atoms with Gasteiger partial charge in [-0.05, 0) is 133 Å². The molecule has 0 spiro atoms. The molecule has 0 saturated heterocycles. The van der Waals surface area contributed by atoms with Crippen molar-refractivity contribution in [3.05, 3.63) is 217 Å². The molecule has 0 bridgehead atoms. The lowest BCUT2D eigenvalue weighted by molar-refractivity contribution is 0.569. The summed E-state index contributed by atoms with van der Waals surface area (Å²) in [5.74, 6) is 0. The molecule has 6 heterocycles. The average molecular weight is 1050 g/mol. The summed E-state index contributed by atoms with van der Waals surface area (Å²) < 4.78 is 127. The minimum Gasteiger partial charge on any atom is -0.308 e. The molecule has 0 saturated carbocycles. The van der Waals surface area contributed by atoms with E-state index in [-0.39, 0.29) is 40.4 Å². The van der Waals surface area contributed by atoms with Gasteiger partial charge in [0.2, 0.25) is 0 Å². The molecule has 0 amide bonds. The third-order valence-corrected chi connectivity index (χ3v) is 18.7. The van der Waals surface area contributed by atoms with E-state index in [1.165, 1.54) is 14.8 Å². The molecule has 0 fully saturated rings. The summed E-state index contributed by atoms with van der Waals surface area (Å²) in [5.41, 5.74) is 8.82. The highest BCUT2D eigenvalue weighted by atomic mass is 32.1. The lowest BCUT2D eigenvalue weighted by Crippen LogP contribution is -2.16. The van der Waals surface area contributed by atoms with Crippen LogP contribution in [0.4, 0.5) is 0 Å². The van der Waals surface area contributed by atoms with Gasteiger partial charge in [-0.3, -0.25) is 0 Å². The summed E-state index contributed by atoms with van der Waals surface area (Å²) in [4.78, 5) is 0. The quantitative estimate of drug-likeness (QED) is 0.166. The lowest BCUT2D eigenvalue weighted by atomic mass is 9.79. The van der Waals surface area contributed by atoms with Crippen LogP contribution in [-0.2, 0) is 10.8 Å². The Kier molecular flexibility index (Phi) is 6.70. The van der Waals surface area contributed by atoms with Crippen LogP contribution >= 0.6 is 22.7 Å². The number of hydrogen-bond donors (Lipinski definition) is 0. The van der Waals surface area contributed by atoms with E-state index in [2.05, 4.69) is 112 Å². The van der Waals surface area contributed by atoms with Crippen molar-refractivity contribution in [2.24, 2.45) is 0 Å². The highest BCUT2D eigenvalue weighted by Crippen LogP contribution is 2.52. The van der Waals surface area contributed by atoms with Crippen molar-refractivity contribution in [2.45, 2.75) is 52.4 Å². The minimum absolute atomic E-state index is 0.0826. The van der Waals surface area contributed by atoms with Crippen LogP contribution in [0.15, 0.2) is 206 Å². The average Bonchev–Trinajstić information content (AvgIpc) is 1.51. The van der Waals surface area contributed by atoms with Crippen molar-refractivity contribution in [1.29, 1.82) is 0 Å². The Morgan fingerprint density at radius 1 is 0.333 bits per heavy atom. The van der Waals surface area contributed by atoms with Gasteiger partial charge >= 0.3 is 0 Å². The molecule has 78 heavy (non-hydrogen) atoms. The van der Waals surface area contributed by atoms with E-state index in [0.29, 0.717) is 27.8 Å². The summed E-state index contributed by atoms with van der Waals surface area (Å²) >= 11 is 3.54. The van der Waals surface area contributed by atoms with Gasteiger partial charge in [-0.2, -0.15) is 0 Å². The van der Waals surface area contributed by atoms with Gasteiger partial charge in [0.1, 0.15) is 0 Å². The van der Waals surface area contributed by atoms with E-state index in [1.54, 1.807) is 40.9 Å². The van der Waals surface area contributed by atoms with E-state index in [4.69, 9.17) is 13.7 Å². The molecule has 11 aromatic carbocycles. The summed E-state index contributed by atoms with van der Waals surface area (Å²) in [5, 5.41) is 13.1. The Morgan fingerprint density at radius 2 is 0.744 bits per heavy atom. The zero-order chi connectivity index (χ0) is 63.4. The molecule has 0 N–H and O–H groups in total. The number of aromatic nitrogens is 2. The van der Waals surface area contributed by atoms with Gasteiger partial charge in [0.15, 0.2) is 0 Å². The van der Waals surface area contributed by atoms with Crippen LogP contribution in [0.1, 0.15) is 70.5 Å². The maximum atomic E-state index is 9.89. The minimum atomic E-state index is -0.549. The van der Waals surface area contributed by atoms with Crippen LogP contribution < -0.4 is 0 Å². The fourth-order valence-corrected chi connectivity index (χ4v) is 15.1. The first kappa shape index (κ1) is 33.6. The first-order chi connectivity index (χ1) is 43.3. The SMILES string of the molecule is [2H]c1c([2H])c([2H])c(-c2cc(-c3ccc4c5c6sc7ccccc7c6cc6c7cc8c(cc7n(c4c3)c65)c3cc4c5ccccc5sc4c4c5ccc(-c6c([2H])c(C(C)(C)C)c([2H])c(C(C)(C)C)c6[2H])cc5n8c34)cc(-c3c([2H])c([2H])c([2H])c([2H])c3[2H])c2)c([2H])c1[2H]. The van der Waals surface area contributed by atoms with Gasteiger partial charge < -0.3 is 8.80 Å². The summed E-state index contributed by atoms with van der Waals surface area (Å²) in [6.07, 6.45) is 0. The van der Waals surface area contributed by atoms with E-state index in [9.17, 15) is 4.11 Å². The van der Waals surface area contributed by atoms with Gasteiger partial charge in [0.25, 0.3) is 0 Å². The van der Waals surface area contributed by atoms with Gasteiger partial charge in [-0.25, -0.2) is 0 Å². The topological polar surface area (TPSA) is 8.82 Å². The Labute approximate surface area is 477 Å². The Hall–Kier alpha value is -8.54. The van der Waals surface area contributed by atoms with Crippen molar-refractivity contribution in [1.82, 2.24) is 8.80 Å². The second-order valence-electron chi connectivity index (χ2n) is 23.1. The number of rotatable bonds is 4. The number of nitrogens with zero attached hydrogens (tertiary/aromatic N) is 2. The molecule has 17 aromatic rings. The van der Waals surface area contributed by atoms with Crippen LogP contribution in [0.25, 0.3) is 161 Å². The molecule has 0 unspecified atom stereocenters. The summed E-state index contributed by atoms with van der Waals surface area (Å²) in [6.45, 7) is 12.3. The first-order valence-electron chi connectivity index (χ1n) is 32.8. The zero-order valence-electron chi connectivity index (χ0n) is 56.3. The summed E-state index contributed by atoms with van der Waals surface area (Å²) in [6, 6.07) is 39.9. The smallest absolute Gasteiger partial charge is 0.0635 e. The maximum absolute atomic E-state index is 9.89. The Bertz CT molecular complexity index is 6020. The molecular weight excluding hydrogens is 981 g/mol. The number of hydrogen-bond acceptors (Lipinski definition) is 2. The van der Waals surface area contributed by atoms with Crippen LogP contribution in [0.5, 0.6) is 0 Å². The fourth-order valence-electron chi connectivity index (χ4n) is 12.6. The van der Waals surface area contributed by atoms with Crippen molar-refractivity contribution in [3.8, 4) is 44.5 Å². The van der Waals surface area contributed by atoms with Crippen molar-refractivity contribution in [3.63, 3.8) is 0 Å². The van der Waals surface area contributed by atoms with E-state index in [1.807, 2.05) is 47.6 Å². The highest BCUT2D eigenvalue weighted by molar-refractivity contribution is 7.27. The Balaban J connectivity index is 1.00. The van der Waals surface area contributed by atoms with Gasteiger partial charge in [0, 0.05) is 83.4 Å². The largest absolute Gasteiger partial charge is 0.308 e. The molecule has 4 heteroatoms. The monoisotopic (exact) mass is 1050 g/mol. The summed E-state index contributed by atoms with van der Waals surface area (Å²) in [7, 11) is 0. The van der Waals surface area contributed by atoms with Crippen molar-refractivity contribution >= 4 is 139 Å². The van der Waals surface area contributed by atoms with Gasteiger partial charge in [-0.15, -0.1) is 22.7 Å². The zero-order valence-corrected chi connectivity index (χ0v) is 45.0. The number of thiophene rings is 2. The van der Waals surface area contributed by atoms with E-state index >= 15 is 0 Å². The van der Waals surface area contributed by atoms with Gasteiger partial charge in [-0.1, -0.05) is 181 Å². The predicted octanol–water partition coefficient (Wildman–Crippen LogP) is 22.0. The fraction of sp³-hybridized carbons (Fsp3) is 0.108. The van der Waals surface area contributed by atoms with Crippen molar-refractivity contribution in [2.75, 3.05) is 0 Å². The van der Waals surface area contributed by atoms with E-state index in [0.717, 1.165) is 107 Å².